The van der Waals surface area contributed by atoms with E-state index in [2.05, 4.69) is 105 Å². The molecule has 272 valence electrons. The highest BCUT2D eigenvalue weighted by molar-refractivity contribution is 6.18. The van der Waals surface area contributed by atoms with Crippen LogP contribution >= 0.6 is 0 Å². The lowest BCUT2D eigenvalue weighted by molar-refractivity contribution is -0.153. The number of halogens is 3. The van der Waals surface area contributed by atoms with Crippen molar-refractivity contribution in [3.8, 4) is 22.6 Å². The molecule has 6 nitrogen and oxygen atoms in total. The molecule has 1 unspecified atom stereocenters. The lowest BCUT2D eigenvalue weighted by atomic mass is 10.0. The van der Waals surface area contributed by atoms with E-state index >= 15 is 0 Å². The summed E-state index contributed by atoms with van der Waals surface area (Å²) in [6.07, 6.45) is -4.75. The van der Waals surface area contributed by atoms with Gasteiger partial charge in [-0.25, -0.2) is 4.99 Å². The van der Waals surface area contributed by atoms with Gasteiger partial charge in [-0.3, -0.25) is 4.57 Å². The monoisotopic (exact) mass is 739 g/mol. The standard InChI is InChI=1S/C47H32F3N5O/c48-47(49,50)29-56-35-23-21-34(22-24-35)54-40-17-9-8-16-37(40)39-27-32(20-26-42(39)54)33-19-25-38-36-15-7-10-18-41(36)55(43(38)28-33)46-52-44(30-11-3-1-4-12-30)51-45(53-46)31-13-5-2-6-14-31/h1-28,44H,29H2,(H,51,52,53). The second-order valence-corrected chi connectivity index (χ2v) is 13.8. The number of ether oxygens (including phenoxy) is 1. The van der Waals surface area contributed by atoms with Crippen LogP contribution in [0.2, 0.25) is 0 Å². The first-order valence-electron chi connectivity index (χ1n) is 18.3. The highest BCUT2D eigenvalue weighted by Crippen LogP contribution is 2.38. The molecule has 1 aliphatic rings. The minimum atomic E-state index is -4.41. The Labute approximate surface area is 319 Å². The largest absolute Gasteiger partial charge is 0.484 e. The molecule has 7 aromatic carbocycles. The van der Waals surface area contributed by atoms with Gasteiger partial charge in [-0.2, -0.15) is 18.2 Å². The summed E-state index contributed by atoms with van der Waals surface area (Å²) in [6.45, 7) is -1.33. The minimum Gasteiger partial charge on any atom is -0.484 e. The number of hydrogen-bond acceptors (Lipinski definition) is 4. The summed E-state index contributed by atoms with van der Waals surface area (Å²) in [6, 6.07) is 56.6. The second kappa shape index (κ2) is 13.3. The molecular formula is C47H32F3N5O. The number of aromatic nitrogens is 2. The number of hydrogen-bond donors (Lipinski definition) is 1. The summed E-state index contributed by atoms with van der Waals surface area (Å²) in [5.41, 5.74) is 8.87. The molecule has 10 rings (SSSR count). The number of nitrogens with one attached hydrogen (secondary N) is 1. The summed E-state index contributed by atoms with van der Waals surface area (Å²) in [4.78, 5) is 10.4. The number of rotatable bonds is 6. The van der Waals surface area contributed by atoms with E-state index in [1.54, 1.807) is 24.3 Å². The summed E-state index contributed by atoms with van der Waals surface area (Å²) in [5, 5.41) is 7.90. The van der Waals surface area contributed by atoms with Gasteiger partial charge >= 0.3 is 6.18 Å². The van der Waals surface area contributed by atoms with Crippen LogP contribution in [0.15, 0.2) is 180 Å². The fourth-order valence-corrected chi connectivity index (χ4v) is 7.74. The van der Waals surface area contributed by atoms with Gasteiger partial charge < -0.3 is 14.6 Å². The minimum absolute atomic E-state index is 0.162. The zero-order chi connectivity index (χ0) is 37.8. The van der Waals surface area contributed by atoms with Crippen LogP contribution in [0.1, 0.15) is 17.3 Å². The average Bonchev–Trinajstić information content (AvgIpc) is 3.75. The molecule has 3 heterocycles. The molecule has 1 atom stereocenters. The van der Waals surface area contributed by atoms with Gasteiger partial charge in [-0.05, 0) is 71.3 Å². The van der Waals surface area contributed by atoms with Crippen molar-refractivity contribution in [2.45, 2.75) is 12.3 Å². The maximum Gasteiger partial charge on any atom is 0.422 e. The van der Waals surface area contributed by atoms with Crippen LogP contribution in [-0.2, 0) is 0 Å². The molecule has 0 spiro atoms. The Kier molecular flexibility index (Phi) is 7.95. The molecule has 0 fully saturated rings. The smallest absolute Gasteiger partial charge is 0.422 e. The molecule has 1 aliphatic heterocycles. The third-order valence-electron chi connectivity index (χ3n) is 10.3. The van der Waals surface area contributed by atoms with Gasteiger partial charge in [0.05, 0.1) is 22.1 Å². The Morgan fingerprint density at radius 2 is 1.12 bits per heavy atom. The molecule has 0 amide bonds. The molecule has 9 aromatic rings. The molecule has 2 aromatic heterocycles. The molecule has 0 radical (unpaired) electrons. The van der Waals surface area contributed by atoms with Gasteiger partial charge in [0.25, 0.3) is 0 Å². The van der Waals surface area contributed by atoms with E-state index in [-0.39, 0.29) is 11.9 Å². The highest BCUT2D eigenvalue weighted by Gasteiger charge is 2.28. The maximum atomic E-state index is 12.8. The van der Waals surface area contributed by atoms with E-state index in [4.69, 9.17) is 14.7 Å². The van der Waals surface area contributed by atoms with Crippen LogP contribution in [-0.4, -0.2) is 33.7 Å². The molecule has 56 heavy (non-hydrogen) atoms. The molecule has 0 aliphatic carbocycles. The van der Waals surface area contributed by atoms with E-state index in [0.29, 0.717) is 5.96 Å². The van der Waals surface area contributed by atoms with Crippen molar-refractivity contribution in [1.82, 2.24) is 14.5 Å². The predicted molar refractivity (Wildman–Crippen MR) is 219 cm³/mol. The number of aliphatic imine (C=N–C) groups is 2. The Morgan fingerprint density at radius 1 is 0.536 bits per heavy atom. The summed E-state index contributed by atoms with van der Waals surface area (Å²) in [7, 11) is 0. The maximum absolute atomic E-state index is 12.8. The Bertz CT molecular complexity index is 2980. The first kappa shape index (κ1) is 33.4. The SMILES string of the molecule is FC(F)(F)COc1ccc(-n2c3ccccc3c3cc(-c4ccc5c6ccccc6n(C6=NC(c7ccccc7)NC(c7ccccc7)=N6)c5c4)ccc32)cc1. The Balaban J connectivity index is 1.11. The Hall–Kier alpha value is -7.13. The van der Waals surface area contributed by atoms with E-state index in [1.165, 1.54) is 0 Å². The lowest BCUT2D eigenvalue weighted by Gasteiger charge is -2.24. The third-order valence-corrected chi connectivity index (χ3v) is 10.3. The van der Waals surface area contributed by atoms with Crippen molar-refractivity contribution in [1.29, 1.82) is 0 Å². The fraction of sp³-hybridized carbons (Fsp3) is 0.0638. The van der Waals surface area contributed by atoms with Crippen molar-refractivity contribution < 1.29 is 17.9 Å². The fourth-order valence-electron chi connectivity index (χ4n) is 7.74. The zero-order valence-electron chi connectivity index (χ0n) is 29.8. The quantitative estimate of drug-likeness (QED) is 0.185. The predicted octanol–water partition coefficient (Wildman–Crippen LogP) is 11.5. The molecule has 1 N–H and O–H groups in total. The number of benzene rings is 7. The van der Waals surface area contributed by atoms with Gasteiger partial charge in [0.15, 0.2) is 6.61 Å². The van der Waals surface area contributed by atoms with Gasteiger partial charge in [0.2, 0.25) is 5.96 Å². The van der Waals surface area contributed by atoms with E-state index in [0.717, 1.165) is 77.4 Å². The number of nitrogens with zero attached hydrogens (tertiary/aromatic N) is 4. The van der Waals surface area contributed by atoms with Crippen molar-refractivity contribution >= 4 is 55.4 Å². The highest BCUT2D eigenvalue weighted by atomic mass is 19.4. The number of fused-ring (bicyclic) bond motifs is 6. The van der Waals surface area contributed by atoms with E-state index < -0.39 is 12.8 Å². The molecule has 0 bridgehead atoms. The first-order valence-corrected chi connectivity index (χ1v) is 18.3. The Morgan fingerprint density at radius 3 is 1.86 bits per heavy atom. The molecular weight excluding hydrogens is 708 g/mol. The topological polar surface area (TPSA) is 55.8 Å². The van der Waals surface area contributed by atoms with Crippen LogP contribution < -0.4 is 10.1 Å². The van der Waals surface area contributed by atoms with Crippen LogP contribution in [0.25, 0.3) is 60.4 Å². The van der Waals surface area contributed by atoms with Gasteiger partial charge in [0, 0.05) is 32.8 Å². The summed E-state index contributed by atoms with van der Waals surface area (Å²) >= 11 is 0. The first-order chi connectivity index (χ1) is 27.4. The van der Waals surface area contributed by atoms with E-state index in [1.807, 2.05) is 54.6 Å². The van der Waals surface area contributed by atoms with Gasteiger partial charge in [-0.15, -0.1) is 0 Å². The molecule has 0 saturated carbocycles. The van der Waals surface area contributed by atoms with Crippen molar-refractivity contribution in [2.75, 3.05) is 6.61 Å². The second-order valence-electron chi connectivity index (χ2n) is 13.8. The molecule has 0 saturated heterocycles. The third kappa shape index (κ3) is 5.94. The van der Waals surface area contributed by atoms with Crippen LogP contribution in [0, 0.1) is 0 Å². The summed E-state index contributed by atoms with van der Waals surface area (Å²) in [5.74, 6) is 1.50. The summed E-state index contributed by atoms with van der Waals surface area (Å²) < 4.78 is 47.6. The van der Waals surface area contributed by atoms with E-state index in [9.17, 15) is 13.2 Å². The number of para-hydroxylation sites is 2. The normalized spacial score (nSPS) is 14.6. The van der Waals surface area contributed by atoms with Crippen LogP contribution in [0.4, 0.5) is 13.2 Å². The average molecular weight is 740 g/mol. The van der Waals surface area contributed by atoms with Crippen molar-refractivity contribution in [3.05, 3.63) is 181 Å². The van der Waals surface area contributed by atoms with Crippen LogP contribution in [0.5, 0.6) is 5.75 Å². The van der Waals surface area contributed by atoms with Gasteiger partial charge in [-0.1, -0.05) is 115 Å². The van der Waals surface area contributed by atoms with Gasteiger partial charge in [0.1, 0.15) is 17.8 Å². The number of alkyl halides is 3. The zero-order valence-corrected chi connectivity index (χ0v) is 29.8. The molecule has 9 heteroatoms. The van der Waals surface area contributed by atoms with Crippen molar-refractivity contribution in [2.24, 2.45) is 9.98 Å². The van der Waals surface area contributed by atoms with Crippen LogP contribution in [0.3, 0.4) is 0 Å². The lowest BCUT2D eigenvalue weighted by Crippen LogP contribution is -2.35. The van der Waals surface area contributed by atoms with Crippen molar-refractivity contribution in [3.63, 3.8) is 0 Å². The number of amidine groups is 1.